The molecule has 100 valence electrons. The van der Waals surface area contributed by atoms with E-state index in [1.807, 2.05) is 6.92 Å². The zero-order valence-electron chi connectivity index (χ0n) is 10.4. The van der Waals surface area contributed by atoms with Gasteiger partial charge in [-0.05, 0) is 24.6 Å². The maximum atomic E-state index is 13.7. The summed E-state index contributed by atoms with van der Waals surface area (Å²) < 4.78 is 31.8. The molecular weight excluding hydrogens is 250 g/mol. The summed E-state index contributed by atoms with van der Waals surface area (Å²) in [5.74, 6) is -0.734. The number of benzene rings is 1. The minimum Gasteiger partial charge on any atom is -0.492 e. The lowest BCUT2D eigenvalue weighted by Gasteiger charge is -2.14. The fraction of sp³-hybridized carbons (Fsp3) is 0.214. The van der Waals surface area contributed by atoms with Gasteiger partial charge < -0.3 is 10.5 Å². The number of hydrogen-bond donors (Lipinski definition) is 1. The Hall–Kier alpha value is -2.01. The quantitative estimate of drug-likeness (QED) is 0.923. The van der Waals surface area contributed by atoms with Gasteiger partial charge in [0.15, 0.2) is 0 Å². The molecule has 0 radical (unpaired) electrons. The average molecular weight is 264 g/mol. The van der Waals surface area contributed by atoms with Gasteiger partial charge in [-0.2, -0.15) is 0 Å². The number of rotatable bonds is 4. The summed E-state index contributed by atoms with van der Waals surface area (Å²) >= 11 is 0. The van der Waals surface area contributed by atoms with Gasteiger partial charge in [-0.1, -0.05) is 6.07 Å². The van der Waals surface area contributed by atoms with Crippen molar-refractivity contribution in [1.82, 2.24) is 4.98 Å². The van der Waals surface area contributed by atoms with Gasteiger partial charge in [-0.3, -0.25) is 4.98 Å². The van der Waals surface area contributed by atoms with Crippen LogP contribution in [0.4, 0.5) is 8.78 Å². The van der Waals surface area contributed by atoms with Crippen LogP contribution < -0.4 is 10.5 Å². The van der Waals surface area contributed by atoms with Crippen molar-refractivity contribution >= 4 is 0 Å². The van der Waals surface area contributed by atoms with Crippen LogP contribution in [0.25, 0.3) is 0 Å². The molecule has 19 heavy (non-hydrogen) atoms. The summed E-state index contributed by atoms with van der Waals surface area (Å²) in [6.07, 6.45) is 3.09. The standard InChI is InChI=1S/C14H14F2N2O/c1-2-19-11-5-9(7-18-8-11)14(17)12-4-3-10(15)6-13(12)16/h3-8,14H,2,17H2,1H3. The average Bonchev–Trinajstić information content (AvgIpc) is 2.39. The first-order chi connectivity index (χ1) is 9.11. The Morgan fingerprint density at radius 3 is 2.74 bits per heavy atom. The van der Waals surface area contributed by atoms with Crippen LogP contribution in [0.5, 0.6) is 5.75 Å². The Morgan fingerprint density at radius 2 is 2.05 bits per heavy atom. The van der Waals surface area contributed by atoms with Crippen molar-refractivity contribution in [2.75, 3.05) is 6.61 Å². The van der Waals surface area contributed by atoms with Crippen LogP contribution in [0.3, 0.4) is 0 Å². The summed E-state index contributed by atoms with van der Waals surface area (Å²) in [6, 6.07) is 4.31. The maximum absolute atomic E-state index is 13.7. The number of hydrogen-bond acceptors (Lipinski definition) is 3. The van der Waals surface area contributed by atoms with E-state index in [0.717, 1.165) is 6.07 Å². The fourth-order valence-corrected chi connectivity index (χ4v) is 1.78. The Morgan fingerprint density at radius 1 is 1.26 bits per heavy atom. The predicted molar refractivity (Wildman–Crippen MR) is 67.8 cm³/mol. The SMILES string of the molecule is CCOc1cncc(C(N)c2ccc(F)cc2F)c1. The first kappa shape index (κ1) is 13.4. The molecule has 5 heteroatoms. The number of aromatic nitrogens is 1. The molecule has 0 bridgehead atoms. The molecule has 2 rings (SSSR count). The summed E-state index contributed by atoms with van der Waals surface area (Å²) in [4.78, 5) is 4.00. The molecule has 0 spiro atoms. The van der Waals surface area contributed by atoms with E-state index in [4.69, 9.17) is 10.5 Å². The van der Waals surface area contributed by atoms with Gasteiger partial charge in [0.25, 0.3) is 0 Å². The molecule has 1 aromatic heterocycles. The molecule has 0 aliphatic heterocycles. The molecule has 0 fully saturated rings. The second kappa shape index (κ2) is 5.75. The van der Waals surface area contributed by atoms with Gasteiger partial charge in [-0.25, -0.2) is 8.78 Å². The summed E-state index contributed by atoms with van der Waals surface area (Å²) in [5, 5.41) is 0. The number of nitrogens with two attached hydrogens (primary N) is 1. The van der Waals surface area contributed by atoms with E-state index in [1.165, 1.54) is 18.3 Å². The maximum Gasteiger partial charge on any atom is 0.137 e. The van der Waals surface area contributed by atoms with Crippen LogP contribution in [-0.4, -0.2) is 11.6 Å². The molecule has 0 aliphatic carbocycles. The molecule has 0 saturated carbocycles. The highest BCUT2D eigenvalue weighted by atomic mass is 19.1. The topological polar surface area (TPSA) is 48.1 Å². The second-order valence-electron chi connectivity index (χ2n) is 4.03. The van der Waals surface area contributed by atoms with Crippen LogP contribution in [0.15, 0.2) is 36.7 Å². The van der Waals surface area contributed by atoms with Crippen molar-refractivity contribution in [3.63, 3.8) is 0 Å². The predicted octanol–water partition coefficient (Wildman–Crippen LogP) is 2.81. The molecule has 1 heterocycles. The number of pyridine rings is 1. The van der Waals surface area contributed by atoms with Crippen LogP contribution >= 0.6 is 0 Å². The van der Waals surface area contributed by atoms with Crippen LogP contribution in [0, 0.1) is 11.6 Å². The van der Waals surface area contributed by atoms with E-state index in [0.29, 0.717) is 17.9 Å². The van der Waals surface area contributed by atoms with Crippen molar-refractivity contribution in [3.8, 4) is 5.75 Å². The van der Waals surface area contributed by atoms with Gasteiger partial charge in [0.05, 0.1) is 18.8 Å². The van der Waals surface area contributed by atoms with E-state index < -0.39 is 17.7 Å². The second-order valence-corrected chi connectivity index (χ2v) is 4.03. The minimum atomic E-state index is -0.714. The van der Waals surface area contributed by atoms with Gasteiger partial charge in [-0.15, -0.1) is 0 Å². The molecule has 1 atom stereocenters. The van der Waals surface area contributed by atoms with E-state index >= 15 is 0 Å². The molecule has 2 N–H and O–H groups in total. The Balaban J connectivity index is 2.32. The Labute approximate surface area is 110 Å². The van der Waals surface area contributed by atoms with E-state index in [-0.39, 0.29) is 5.56 Å². The Kier molecular flexibility index (Phi) is 4.06. The molecule has 0 saturated heterocycles. The third-order valence-electron chi connectivity index (χ3n) is 2.70. The molecule has 2 aromatic rings. The first-order valence-corrected chi connectivity index (χ1v) is 5.90. The van der Waals surface area contributed by atoms with Gasteiger partial charge in [0.2, 0.25) is 0 Å². The summed E-state index contributed by atoms with van der Waals surface area (Å²) in [5.41, 5.74) is 6.80. The summed E-state index contributed by atoms with van der Waals surface area (Å²) in [7, 11) is 0. The van der Waals surface area contributed by atoms with Crippen molar-refractivity contribution in [1.29, 1.82) is 0 Å². The van der Waals surface area contributed by atoms with Crippen molar-refractivity contribution in [3.05, 3.63) is 59.4 Å². The highest BCUT2D eigenvalue weighted by Gasteiger charge is 2.15. The highest BCUT2D eigenvalue weighted by molar-refractivity contribution is 5.34. The molecule has 1 unspecified atom stereocenters. The molecular formula is C14H14F2N2O. The normalized spacial score (nSPS) is 12.2. The van der Waals surface area contributed by atoms with E-state index in [1.54, 1.807) is 12.3 Å². The monoisotopic (exact) mass is 264 g/mol. The molecule has 0 amide bonds. The zero-order chi connectivity index (χ0) is 13.8. The number of ether oxygens (including phenoxy) is 1. The fourth-order valence-electron chi connectivity index (χ4n) is 1.78. The van der Waals surface area contributed by atoms with Gasteiger partial charge in [0.1, 0.15) is 17.4 Å². The van der Waals surface area contributed by atoms with Crippen molar-refractivity contribution < 1.29 is 13.5 Å². The van der Waals surface area contributed by atoms with Gasteiger partial charge in [0, 0.05) is 17.8 Å². The smallest absolute Gasteiger partial charge is 0.137 e. The third kappa shape index (κ3) is 3.06. The first-order valence-electron chi connectivity index (χ1n) is 5.90. The third-order valence-corrected chi connectivity index (χ3v) is 2.70. The number of halogens is 2. The zero-order valence-corrected chi connectivity index (χ0v) is 10.4. The van der Waals surface area contributed by atoms with E-state index in [9.17, 15) is 8.78 Å². The lowest BCUT2D eigenvalue weighted by molar-refractivity contribution is 0.338. The molecule has 1 aromatic carbocycles. The van der Waals surface area contributed by atoms with Crippen LogP contribution in [-0.2, 0) is 0 Å². The van der Waals surface area contributed by atoms with Crippen LogP contribution in [0.2, 0.25) is 0 Å². The lowest BCUT2D eigenvalue weighted by Crippen LogP contribution is -2.14. The summed E-state index contributed by atoms with van der Waals surface area (Å²) in [6.45, 7) is 2.36. The minimum absolute atomic E-state index is 0.219. The molecule has 0 aliphatic rings. The highest BCUT2D eigenvalue weighted by Crippen LogP contribution is 2.24. The van der Waals surface area contributed by atoms with Crippen LogP contribution in [0.1, 0.15) is 24.1 Å². The van der Waals surface area contributed by atoms with Crippen molar-refractivity contribution in [2.45, 2.75) is 13.0 Å². The number of nitrogens with zero attached hydrogens (tertiary/aromatic N) is 1. The lowest BCUT2D eigenvalue weighted by atomic mass is 10.0. The Bertz CT molecular complexity index is 575. The van der Waals surface area contributed by atoms with E-state index in [2.05, 4.69) is 4.98 Å². The van der Waals surface area contributed by atoms with Crippen molar-refractivity contribution in [2.24, 2.45) is 5.73 Å². The largest absolute Gasteiger partial charge is 0.492 e. The van der Waals surface area contributed by atoms with Gasteiger partial charge >= 0.3 is 0 Å². The molecule has 3 nitrogen and oxygen atoms in total.